The van der Waals surface area contributed by atoms with Gasteiger partial charge >= 0.3 is 12.1 Å². The third-order valence-electron chi connectivity index (χ3n) is 5.92. The third kappa shape index (κ3) is 8.38. The summed E-state index contributed by atoms with van der Waals surface area (Å²) in [5, 5.41) is 4.82. The summed E-state index contributed by atoms with van der Waals surface area (Å²) in [5.74, 6) is -0.402. The maximum absolute atomic E-state index is 14.3. The van der Waals surface area contributed by atoms with Crippen LogP contribution in [-0.2, 0) is 25.4 Å². The van der Waals surface area contributed by atoms with E-state index in [1.54, 1.807) is 18.4 Å². The molecule has 0 bridgehead atoms. The Kier molecular flexibility index (Phi) is 10.3. The molecule has 12 nitrogen and oxygen atoms in total. The minimum absolute atomic E-state index is 0.0944. The van der Waals surface area contributed by atoms with Gasteiger partial charge in [-0.25, -0.2) is 25.1 Å². The van der Waals surface area contributed by atoms with Crippen molar-refractivity contribution < 1.29 is 36.7 Å². The number of halogens is 3. The number of imidazole rings is 1. The van der Waals surface area contributed by atoms with E-state index >= 15 is 0 Å². The van der Waals surface area contributed by atoms with Crippen molar-refractivity contribution >= 4 is 30.4 Å². The van der Waals surface area contributed by atoms with E-state index in [2.05, 4.69) is 25.1 Å². The molecule has 16 heteroatoms. The van der Waals surface area contributed by atoms with E-state index in [1.165, 1.54) is 57.9 Å². The molecule has 4 N–H and O–H groups in total. The van der Waals surface area contributed by atoms with Crippen LogP contribution in [0.15, 0.2) is 36.9 Å². The van der Waals surface area contributed by atoms with Gasteiger partial charge in [-0.2, -0.15) is 13.2 Å². The first-order chi connectivity index (χ1) is 19.2. The first-order valence-electron chi connectivity index (χ1n) is 12.8. The van der Waals surface area contributed by atoms with Crippen molar-refractivity contribution in [2.75, 3.05) is 25.8 Å². The summed E-state index contributed by atoms with van der Waals surface area (Å²) in [6.45, 7) is 6.44. The molecule has 3 aromatic rings. The molecule has 2 aromatic heterocycles. The largest absolute Gasteiger partial charge is 0.497 e. The number of nitrogens with one attached hydrogen (secondary N) is 2. The van der Waals surface area contributed by atoms with Crippen LogP contribution >= 0.6 is 7.44 Å². The third-order valence-corrected chi connectivity index (χ3v) is 8.03. The normalized spacial score (nSPS) is 15.3. The first-order valence-corrected chi connectivity index (χ1v) is 14.7. The number of carbonyl (C=O) groups excluding carboxylic acids is 1. The average Bonchev–Trinajstić information content (AvgIpc) is 3.32. The van der Waals surface area contributed by atoms with Gasteiger partial charge in [-0.1, -0.05) is 19.1 Å². The fourth-order valence-corrected chi connectivity index (χ4v) is 6.31. The summed E-state index contributed by atoms with van der Waals surface area (Å²) in [5.41, 5.74) is 4.79. The van der Waals surface area contributed by atoms with Crippen LogP contribution in [0.5, 0.6) is 5.75 Å². The molecular weight excluding hydrogens is 566 g/mol. The van der Waals surface area contributed by atoms with Gasteiger partial charge in [-0.3, -0.25) is 9.36 Å². The van der Waals surface area contributed by atoms with Crippen molar-refractivity contribution in [1.82, 2.24) is 29.7 Å². The molecule has 3 rings (SSSR count). The minimum atomic E-state index is -4.86. The van der Waals surface area contributed by atoms with Crippen molar-refractivity contribution in [3.05, 3.63) is 42.5 Å². The maximum atomic E-state index is 14.3. The fraction of sp³-hybridized carbons (Fsp3) is 0.520. The van der Waals surface area contributed by atoms with Gasteiger partial charge in [0.05, 0.1) is 32.7 Å². The highest BCUT2D eigenvalue weighted by Gasteiger charge is 2.47. The zero-order valence-electron chi connectivity index (χ0n) is 23.4. The molecule has 0 saturated carbocycles. The monoisotopic (exact) mass is 601 g/mol. The second kappa shape index (κ2) is 13.1. The van der Waals surface area contributed by atoms with Gasteiger partial charge in [0.1, 0.15) is 35.5 Å². The lowest BCUT2D eigenvalue weighted by Gasteiger charge is -2.34. The van der Waals surface area contributed by atoms with E-state index in [0.29, 0.717) is 17.6 Å². The number of esters is 1. The SMILES string of the molecule is CCCOC(=O)C(C)(C)N[P@@](=O)(CO[C@H](C)Cn1cnc2c(N)ncnc21)N[C@@H](c1cccc(OC)c1)C(F)(F)F. The van der Waals surface area contributed by atoms with Crippen molar-refractivity contribution in [1.29, 1.82) is 0 Å². The van der Waals surface area contributed by atoms with Crippen LogP contribution in [0.1, 0.15) is 45.7 Å². The molecule has 0 saturated heterocycles. The van der Waals surface area contributed by atoms with Gasteiger partial charge in [-0.05, 0) is 44.9 Å². The summed E-state index contributed by atoms with van der Waals surface area (Å²) < 4.78 is 74.9. The zero-order valence-corrected chi connectivity index (χ0v) is 24.3. The number of hydrogen-bond donors (Lipinski definition) is 3. The molecule has 0 amide bonds. The molecular formula is C25H35F3N7O5P. The molecule has 0 unspecified atom stereocenters. The number of rotatable bonds is 14. The van der Waals surface area contributed by atoms with Crippen molar-refractivity contribution in [3.63, 3.8) is 0 Å². The Hall–Kier alpha value is -3.26. The average molecular weight is 602 g/mol. The van der Waals surface area contributed by atoms with Crippen LogP contribution in [0.25, 0.3) is 11.2 Å². The molecule has 0 aliphatic rings. The summed E-state index contributed by atoms with van der Waals surface area (Å²) >= 11 is 0. The van der Waals surface area contributed by atoms with E-state index < -0.39 is 43.6 Å². The second-order valence-corrected chi connectivity index (χ2v) is 12.1. The molecule has 0 radical (unpaired) electrons. The predicted octanol–water partition coefficient (Wildman–Crippen LogP) is 4.19. The van der Waals surface area contributed by atoms with Gasteiger partial charge in [-0.15, -0.1) is 0 Å². The van der Waals surface area contributed by atoms with Gasteiger partial charge in [0.15, 0.2) is 11.5 Å². The lowest BCUT2D eigenvalue weighted by molar-refractivity contribution is -0.153. The van der Waals surface area contributed by atoms with Crippen LogP contribution < -0.4 is 20.6 Å². The highest BCUT2D eigenvalue weighted by molar-refractivity contribution is 7.59. The van der Waals surface area contributed by atoms with E-state index in [0.717, 1.165) is 0 Å². The molecule has 226 valence electrons. The number of nitrogens with two attached hydrogens (primary N) is 1. The first kappa shape index (κ1) is 32.3. The molecule has 41 heavy (non-hydrogen) atoms. The molecule has 3 atom stereocenters. The Balaban J connectivity index is 1.89. The Morgan fingerprint density at radius 1 is 1.22 bits per heavy atom. The molecule has 0 spiro atoms. The number of ether oxygens (including phenoxy) is 3. The number of benzene rings is 1. The molecule has 0 aliphatic heterocycles. The number of nitrogens with zero attached hydrogens (tertiary/aromatic N) is 4. The molecule has 0 aliphatic carbocycles. The number of hydrogen-bond acceptors (Lipinski definition) is 9. The number of nitrogen functional groups attached to an aromatic ring is 1. The summed E-state index contributed by atoms with van der Waals surface area (Å²) in [7, 11) is -3.00. The number of fused-ring (bicyclic) bond motifs is 1. The Bertz CT molecular complexity index is 1390. The van der Waals surface area contributed by atoms with E-state index in [4.69, 9.17) is 19.9 Å². The van der Waals surface area contributed by atoms with Crippen LogP contribution in [0.2, 0.25) is 0 Å². The van der Waals surface area contributed by atoms with E-state index in [1.807, 2.05) is 0 Å². The second-order valence-electron chi connectivity index (χ2n) is 9.93. The molecule has 0 fully saturated rings. The quantitative estimate of drug-likeness (QED) is 0.180. The fourth-order valence-electron chi connectivity index (χ4n) is 3.93. The number of aromatic nitrogens is 4. The minimum Gasteiger partial charge on any atom is -0.497 e. The van der Waals surface area contributed by atoms with Crippen LogP contribution in [0.3, 0.4) is 0 Å². The number of anilines is 1. The van der Waals surface area contributed by atoms with Crippen molar-refractivity contribution in [3.8, 4) is 5.75 Å². The van der Waals surface area contributed by atoms with Crippen molar-refractivity contribution in [2.24, 2.45) is 0 Å². The Morgan fingerprint density at radius 2 is 1.95 bits per heavy atom. The summed E-state index contributed by atoms with van der Waals surface area (Å²) in [4.78, 5) is 24.9. The highest BCUT2D eigenvalue weighted by atomic mass is 31.2. The highest BCUT2D eigenvalue weighted by Crippen LogP contribution is 2.47. The summed E-state index contributed by atoms with van der Waals surface area (Å²) in [6, 6.07) is 2.93. The Labute approximate surface area is 235 Å². The van der Waals surface area contributed by atoms with Crippen LogP contribution in [-0.4, -0.2) is 63.4 Å². The van der Waals surface area contributed by atoms with Crippen molar-refractivity contribution in [2.45, 2.75) is 64.5 Å². The van der Waals surface area contributed by atoms with Crippen LogP contribution in [0.4, 0.5) is 19.0 Å². The predicted molar refractivity (Wildman–Crippen MR) is 146 cm³/mol. The smallest absolute Gasteiger partial charge is 0.408 e. The topological polar surface area (TPSA) is 156 Å². The standard InChI is InChI=1S/C25H35F3N7O5P/c1-6-10-39-23(36)24(3,4)34-41(37,33-20(25(26,27)28)17-8-7-9-18(11-17)38-5)15-40-16(2)12-35-14-32-19-21(29)30-13-31-22(19)35/h7-9,11,13-14,16,20H,6,10,12,15H2,1-5H3,(H2,29,30,31)(H2,33,34,37)/t16-,20+,41-/m1/s1. The molecule has 1 aromatic carbocycles. The summed E-state index contributed by atoms with van der Waals surface area (Å²) in [6.07, 6.45) is -2.95. The van der Waals surface area contributed by atoms with Gasteiger partial charge < -0.3 is 24.5 Å². The van der Waals surface area contributed by atoms with Gasteiger partial charge in [0, 0.05) is 0 Å². The van der Waals surface area contributed by atoms with E-state index in [-0.39, 0.29) is 30.3 Å². The number of methoxy groups -OCH3 is 1. The number of carbonyl (C=O) groups is 1. The number of alkyl halides is 3. The molecule has 2 heterocycles. The van der Waals surface area contributed by atoms with E-state index in [9.17, 15) is 22.5 Å². The van der Waals surface area contributed by atoms with Gasteiger partial charge in [0.25, 0.3) is 0 Å². The lowest BCUT2D eigenvalue weighted by Crippen LogP contribution is -2.50. The van der Waals surface area contributed by atoms with Gasteiger partial charge in [0.2, 0.25) is 7.44 Å². The lowest BCUT2D eigenvalue weighted by atomic mass is 10.1. The van der Waals surface area contributed by atoms with Crippen LogP contribution in [0, 0.1) is 0 Å². The Morgan fingerprint density at radius 3 is 2.61 bits per heavy atom. The zero-order chi connectivity index (χ0) is 30.4. The maximum Gasteiger partial charge on any atom is 0.408 e.